The van der Waals surface area contributed by atoms with Gasteiger partial charge in [0.2, 0.25) is 0 Å². The van der Waals surface area contributed by atoms with Crippen molar-refractivity contribution < 1.29 is 63.9 Å². The smallest absolute Gasteiger partial charge is 0.313 e. The maximum Gasteiger partial charge on any atom is 0.313 e. The van der Waals surface area contributed by atoms with E-state index in [2.05, 4.69) is 28.4 Å². The maximum absolute atomic E-state index is 15.6. The summed E-state index contributed by atoms with van der Waals surface area (Å²) >= 11 is 0. The highest BCUT2D eigenvalue weighted by atomic mass is 32.2. The first-order valence-electron chi connectivity index (χ1n) is 33.7. The number of carbonyl (C=O) groups excluding carboxylic acids is 4. The molecule has 2 aromatic heterocycles. The fraction of sp³-hybridized carbons (Fsp3) is 0.527. The molecule has 21 nitrogen and oxygen atoms in total. The lowest BCUT2D eigenvalue weighted by Gasteiger charge is -2.46. The highest BCUT2D eigenvalue weighted by Gasteiger charge is 2.60. The van der Waals surface area contributed by atoms with Crippen LogP contribution in [0, 0.1) is 31.3 Å². The molecular formula is C74H93F3N10O11S3. The molecule has 7 aliphatic rings. The summed E-state index contributed by atoms with van der Waals surface area (Å²) in [6.45, 7) is 29.7. The number of aliphatic imine (C=N–C) groups is 3. The number of rotatable bonds is 12. The van der Waals surface area contributed by atoms with Crippen molar-refractivity contribution in [2.24, 2.45) is 33.8 Å². The topological polar surface area (TPSA) is 294 Å². The van der Waals surface area contributed by atoms with Crippen molar-refractivity contribution in [3.63, 3.8) is 0 Å². The number of hydrogen-bond donors (Lipinski definition) is 2. The molecule has 9 heterocycles. The lowest BCUT2D eigenvalue weighted by Crippen LogP contribution is -2.58. The second kappa shape index (κ2) is 26.7. The zero-order valence-corrected chi connectivity index (χ0v) is 63.3. The first-order valence-corrected chi connectivity index (χ1v) is 38.4. The number of methoxy groups -OCH3 is 2. The number of ether oxygens (including phenoxy) is 4. The van der Waals surface area contributed by atoms with Crippen molar-refractivity contribution in [3.05, 3.63) is 147 Å². The number of Topliss-reactive ketones (excluding diaryl/α,β-unsaturated/α-hetero) is 2. The summed E-state index contributed by atoms with van der Waals surface area (Å²) in [6, 6.07) is 17.2. The molecule has 0 saturated carbocycles. The average molecular weight is 1450 g/mol. The number of aryl methyl sites for hydroxylation is 2. The molecule has 544 valence electrons. The van der Waals surface area contributed by atoms with Crippen LogP contribution in [-0.4, -0.2) is 139 Å². The van der Waals surface area contributed by atoms with E-state index in [0.717, 1.165) is 0 Å². The van der Waals surface area contributed by atoms with Gasteiger partial charge in [-0.1, -0.05) is 12.1 Å². The molecule has 5 aromatic rings. The Morgan fingerprint density at radius 3 is 1.45 bits per heavy atom. The molecule has 0 amide bonds. The molecule has 4 bridgehead atoms. The molecule has 9 atom stereocenters. The molecule has 7 aliphatic heterocycles. The minimum Gasteiger partial charge on any atom is -0.495 e. The number of cyclic esters (lactones) is 1. The van der Waals surface area contributed by atoms with E-state index < -0.39 is 117 Å². The largest absolute Gasteiger partial charge is 0.495 e. The minimum atomic E-state index is -2.95. The number of nitrogens with two attached hydrogens (primary N) is 1. The number of nitrogens with one attached hydrogen (secondary N) is 1. The van der Waals surface area contributed by atoms with Gasteiger partial charge in [0.05, 0.1) is 93.9 Å². The molecule has 3 aromatic carbocycles. The van der Waals surface area contributed by atoms with Crippen molar-refractivity contribution in [1.29, 1.82) is 0 Å². The Morgan fingerprint density at radius 1 is 0.584 bits per heavy atom. The quantitative estimate of drug-likeness (QED) is 0.0867. The van der Waals surface area contributed by atoms with E-state index in [-0.39, 0.29) is 54.2 Å². The van der Waals surface area contributed by atoms with Crippen LogP contribution in [0.1, 0.15) is 189 Å². The molecule has 0 fully saturated rings. The molecule has 0 saturated heterocycles. The van der Waals surface area contributed by atoms with Gasteiger partial charge in [-0.05, 0) is 207 Å². The van der Waals surface area contributed by atoms with Crippen LogP contribution in [0.15, 0.2) is 107 Å². The van der Waals surface area contributed by atoms with E-state index in [9.17, 15) is 31.8 Å². The summed E-state index contributed by atoms with van der Waals surface area (Å²) < 4.78 is 121. The number of pyridine rings is 2. The zero-order chi connectivity index (χ0) is 74.4. The number of esters is 2. The zero-order valence-electron chi connectivity index (χ0n) is 60.8. The van der Waals surface area contributed by atoms with Crippen molar-refractivity contribution in [2.75, 3.05) is 39.2 Å². The second-order valence-corrected chi connectivity index (χ2v) is 39.3. The fourth-order valence-electron chi connectivity index (χ4n) is 15.0. The summed E-state index contributed by atoms with van der Waals surface area (Å²) in [6.07, 6.45) is 4.31. The number of ketones is 2. The van der Waals surface area contributed by atoms with Gasteiger partial charge >= 0.3 is 11.9 Å². The Morgan fingerprint density at radius 2 is 1.00 bits per heavy atom. The standard InChI is InChI=1S/C30H38FN3O5S.C24H29FN4O3S.C20H26FN3O3S/c1-18-13-20(38-8)17-32-27(18)23(35)15-19-9-10-22(31)21(14-19)30(7)25-11-12-33-40(25,37)29(5,6)24(34-30)16-26(36)39-28(2,3)4;1-14-10-16(32-5)13-27-21(14)19(30)12-15-6-7-18(25)17(11-15)24(4)20-8-9-28-33(20,31)23(2,3)22(26)29-24;1-18(2)15-11-17(25)27-19(3,4)23-12-6-7-14(21)13(10-12)20(5,24-15)16-8-9-22-28(16,18)26/h9-10,13-14,17,25H,11-12,15-16H2,1-8H3;6-7,10-11,13,20H,8-9,12H2,1-5H3,(H2,26,29);6-7,10,16,23H,8-9,11H2,1-5H3/t25-,30+,40+;20-,24+,33+;16-,20+,28+/m000/s1. The van der Waals surface area contributed by atoms with Gasteiger partial charge < -0.3 is 30.0 Å². The lowest BCUT2D eigenvalue weighted by atomic mass is 9.84. The van der Waals surface area contributed by atoms with E-state index in [4.69, 9.17) is 39.7 Å². The van der Waals surface area contributed by atoms with E-state index in [1.807, 2.05) is 20.8 Å². The highest BCUT2D eigenvalue weighted by molar-refractivity contribution is 7.97. The minimum absolute atomic E-state index is 0.00603. The Hall–Kier alpha value is -7.91. The van der Waals surface area contributed by atoms with Crippen LogP contribution in [0.25, 0.3) is 0 Å². The summed E-state index contributed by atoms with van der Waals surface area (Å²) in [5, 5.41) is 1.68. The fourth-order valence-corrected chi connectivity index (χ4v) is 24.7. The first kappa shape index (κ1) is 75.7. The molecule has 0 spiro atoms. The Balaban J connectivity index is 0.000000166. The normalized spacial score (nSPS) is 29.0. The summed E-state index contributed by atoms with van der Waals surface area (Å²) in [7, 11) is -5.42. The van der Waals surface area contributed by atoms with Gasteiger partial charge in [0.1, 0.15) is 73.1 Å². The molecule has 27 heteroatoms. The van der Waals surface area contributed by atoms with Crippen LogP contribution in [0.4, 0.5) is 18.9 Å². The van der Waals surface area contributed by atoms with E-state index >= 15 is 13.2 Å². The Labute approximate surface area is 591 Å². The third kappa shape index (κ3) is 13.5. The molecule has 0 radical (unpaired) electrons. The molecular weight excluding hydrogens is 1360 g/mol. The Bertz CT molecular complexity index is 4770. The van der Waals surface area contributed by atoms with Crippen LogP contribution >= 0.6 is 0 Å². The van der Waals surface area contributed by atoms with Crippen LogP contribution in [0.5, 0.6) is 11.5 Å². The predicted octanol–water partition coefficient (Wildman–Crippen LogP) is 12.6. The number of halogens is 3. The van der Waals surface area contributed by atoms with Gasteiger partial charge in [-0.15, -0.1) is 0 Å². The van der Waals surface area contributed by atoms with Gasteiger partial charge in [0, 0.05) is 66.3 Å². The van der Waals surface area contributed by atoms with Crippen LogP contribution in [-0.2, 0) is 77.7 Å². The highest BCUT2D eigenvalue weighted by Crippen LogP contribution is 2.53. The second-order valence-electron chi connectivity index (χ2n) is 30.3. The first-order chi connectivity index (χ1) is 46.8. The van der Waals surface area contributed by atoms with Crippen molar-refractivity contribution >= 4 is 75.6 Å². The van der Waals surface area contributed by atoms with E-state index in [1.54, 1.807) is 139 Å². The lowest BCUT2D eigenvalue weighted by molar-refractivity contribution is -0.154. The van der Waals surface area contributed by atoms with Crippen LogP contribution < -0.4 is 20.5 Å². The van der Waals surface area contributed by atoms with Gasteiger partial charge in [0.15, 0.2) is 17.3 Å². The summed E-state index contributed by atoms with van der Waals surface area (Å²) in [5.41, 5.74) is 6.64. The molecule has 12 rings (SSSR count). The van der Waals surface area contributed by atoms with E-state index in [1.165, 1.54) is 44.8 Å². The van der Waals surface area contributed by atoms with Crippen LogP contribution in [0.3, 0.4) is 0 Å². The van der Waals surface area contributed by atoms with Crippen molar-refractivity contribution in [2.45, 2.75) is 214 Å². The molecule has 0 unspecified atom stereocenters. The monoisotopic (exact) mass is 1450 g/mol. The number of nitrogens with zero attached hydrogens (tertiary/aromatic N) is 8. The van der Waals surface area contributed by atoms with Gasteiger partial charge in [0.25, 0.3) is 0 Å². The van der Waals surface area contributed by atoms with Gasteiger partial charge in [-0.2, -0.15) is 0 Å². The third-order valence-corrected chi connectivity index (χ3v) is 31.9. The number of anilines is 1. The number of hydrogen-bond acceptors (Lipinski definition) is 21. The molecule has 3 N–H and O–H groups in total. The average Bonchev–Trinajstić information content (AvgIpc) is 1.68. The summed E-state index contributed by atoms with van der Waals surface area (Å²) in [5.74, 6) is -1.45. The SMILES string of the molecule is CC1(C)Nc2ccc(F)c(c2)[C@@]2(C)N=C(CC(=O)O1)C(C)(C)[S@@]1(=O)=NCC[C@@H]21.COc1cnc(C(=O)Cc2ccc(F)c([C@@]3(C)N=C(CC(=O)OC(C)(C)C)C(C)(C)[S@@]4(=O)=NCC[C@@H]34)c2)c(C)c1.COc1cnc(C(=O)Cc2ccc(F)c([C@@]3(C)N=C(N)C(C)(C)[S@@]4(=O)=NCC[C@@H]34)c2)c(C)c1. The van der Waals surface area contributed by atoms with Crippen molar-refractivity contribution in [3.8, 4) is 11.5 Å². The van der Waals surface area contributed by atoms with Crippen LogP contribution in [0.2, 0.25) is 0 Å². The third-order valence-electron chi connectivity index (χ3n) is 20.7. The number of benzene rings is 3. The van der Waals surface area contributed by atoms with E-state index in [0.29, 0.717) is 107 Å². The number of amidine groups is 1. The molecule has 101 heavy (non-hydrogen) atoms. The maximum atomic E-state index is 15.6. The van der Waals surface area contributed by atoms with Crippen molar-refractivity contribution in [1.82, 2.24) is 9.97 Å². The molecule has 0 aliphatic carbocycles. The number of fused-ring (bicyclic) bond motifs is 8. The number of aromatic nitrogens is 2. The Kier molecular flexibility index (Phi) is 20.0. The number of carbonyl (C=O) groups is 4. The summed E-state index contributed by atoms with van der Waals surface area (Å²) in [4.78, 5) is 74.7. The van der Waals surface area contributed by atoms with Gasteiger partial charge in [-0.3, -0.25) is 34.2 Å². The predicted molar refractivity (Wildman–Crippen MR) is 388 cm³/mol. The van der Waals surface area contributed by atoms with Gasteiger partial charge in [-0.25, -0.2) is 48.9 Å².